The van der Waals surface area contributed by atoms with E-state index >= 15 is 0 Å². The molecule has 0 radical (unpaired) electrons. The van der Waals surface area contributed by atoms with Crippen LogP contribution < -0.4 is 4.72 Å². The van der Waals surface area contributed by atoms with Crippen LogP contribution in [0.25, 0.3) is 0 Å². The summed E-state index contributed by atoms with van der Waals surface area (Å²) in [6.45, 7) is 9.96. The number of hydrogen-bond acceptors (Lipinski definition) is 3. The van der Waals surface area contributed by atoms with Gasteiger partial charge in [-0.3, -0.25) is 0 Å². The molecule has 1 aromatic carbocycles. The third kappa shape index (κ3) is 5.20. The molecule has 1 rings (SSSR count). The SMILES string of the molecule is CC(C)(C)CC(C)(C)NS(=O)(=O)c1ccc(O)cc1. The molecule has 0 spiro atoms. The van der Waals surface area contributed by atoms with Crippen LogP contribution in [-0.2, 0) is 10.0 Å². The summed E-state index contributed by atoms with van der Waals surface area (Å²) in [5.74, 6) is 0.0490. The summed E-state index contributed by atoms with van der Waals surface area (Å²) >= 11 is 0. The first-order valence-electron chi connectivity index (χ1n) is 6.24. The van der Waals surface area contributed by atoms with Crippen molar-refractivity contribution in [1.29, 1.82) is 0 Å². The maximum absolute atomic E-state index is 12.3. The van der Waals surface area contributed by atoms with Gasteiger partial charge in [-0.1, -0.05) is 20.8 Å². The van der Waals surface area contributed by atoms with Gasteiger partial charge in [0.1, 0.15) is 5.75 Å². The van der Waals surface area contributed by atoms with E-state index in [-0.39, 0.29) is 16.1 Å². The number of benzene rings is 1. The van der Waals surface area contributed by atoms with E-state index < -0.39 is 15.6 Å². The van der Waals surface area contributed by atoms with E-state index in [0.29, 0.717) is 0 Å². The summed E-state index contributed by atoms with van der Waals surface area (Å²) in [4.78, 5) is 0.160. The average Bonchev–Trinajstić information content (AvgIpc) is 2.11. The number of sulfonamides is 1. The van der Waals surface area contributed by atoms with E-state index in [1.54, 1.807) is 0 Å². The largest absolute Gasteiger partial charge is 0.508 e. The fourth-order valence-corrected chi connectivity index (χ4v) is 3.82. The molecule has 108 valence electrons. The molecule has 2 N–H and O–H groups in total. The lowest BCUT2D eigenvalue weighted by Crippen LogP contribution is -2.45. The molecule has 0 aliphatic heterocycles. The van der Waals surface area contributed by atoms with E-state index in [1.165, 1.54) is 24.3 Å². The van der Waals surface area contributed by atoms with Crippen LogP contribution in [0.5, 0.6) is 5.75 Å². The fraction of sp³-hybridized carbons (Fsp3) is 0.571. The number of aromatic hydroxyl groups is 1. The molecule has 0 aromatic heterocycles. The first kappa shape index (κ1) is 16.0. The molecule has 1 aromatic rings. The van der Waals surface area contributed by atoms with Crippen molar-refractivity contribution in [2.45, 2.75) is 51.5 Å². The van der Waals surface area contributed by atoms with Crippen LogP contribution in [0.1, 0.15) is 41.0 Å². The van der Waals surface area contributed by atoms with Crippen LogP contribution in [0.4, 0.5) is 0 Å². The van der Waals surface area contributed by atoms with Crippen LogP contribution in [0.3, 0.4) is 0 Å². The molecular formula is C14H23NO3S. The Kier molecular flexibility index (Phi) is 4.32. The van der Waals surface area contributed by atoms with Gasteiger partial charge in [0.15, 0.2) is 0 Å². The van der Waals surface area contributed by atoms with Crippen LogP contribution in [0.15, 0.2) is 29.2 Å². The minimum absolute atomic E-state index is 0.0287. The summed E-state index contributed by atoms with van der Waals surface area (Å²) in [6, 6.07) is 5.52. The van der Waals surface area contributed by atoms with Crippen molar-refractivity contribution >= 4 is 10.0 Å². The van der Waals surface area contributed by atoms with Gasteiger partial charge in [0, 0.05) is 5.54 Å². The molecule has 0 aliphatic rings. The van der Waals surface area contributed by atoms with Gasteiger partial charge < -0.3 is 5.11 Å². The number of phenolic OH excluding ortho intramolecular Hbond substituents is 1. The van der Waals surface area contributed by atoms with Gasteiger partial charge >= 0.3 is 0 Å². The molecule has 0 saturated heterocycles. The molecule has 4 nitrogen and oxygen atoms in total. The van der Waals surface area contributed by atoms with Crippen molar-refractivity contribution < 1.29 is 13.5 Å². The van der Waals surface area contributed by atoms with Gasteiger partial charge in [-0.25, -0.2) is 13.1 Å². The molecule has 19 heavy (non-hydrogen) atoms. The standard InChI is InChI=1S/C14H23NO3S/c1-13(2,3)10-14(4,5)15-19(17,18)12-8-6-11(16)7-9-12/h6-9,15-16H,10H2,1-5H3. The van der Waals surface area contributed by atoms with E-state index in [1.807, 2.05) is 13.8 Å². The highest BCUT2D eigenvalue weighted by molar-refractivity contribution is 7.89. The number of hydrogen-bond donors (Lipinski definition) is 2. The number of rotatable bonds is 4. The molecule has 0 heterocycles. The third-order valence-electron chi connectivity index (χ3n) is 2.53. The number of phenols is 1. The van der Waals surface area contributed by atoms with Gasteiger partial charge in [-0.2, -0.15) is 0 Å². The van der Waals surface area contributed by atoms with Crippen LogP contribution >= 0.6 is 0 Å². The van der Waals surface area contributed by atoms with Crippen LogP contribution in [0.2, 0.25) is 0 Å². The Balaban J connectivity index is 2.94. The van der Waals surface area contributed by atoms with Crippen molar-refractivity contribution in [2.24, 2.45) is 5.41 Å². The number of nitrogens with one attached hydrogen (secondary N) is 1. The lowest BCUT2D eigenvalue weighted by molar-refractivity contribution is 0.269. The van der Waals surface area contributed by atoms with Gasteiger partial charge in [-0.15, -0.1) is 0 Å². The highest BCUT2D eigenvalue weighted by Crippen LogP contribution is 2.28. The molecular weight excluding hydrogens is 262 g/mol. The maximum atomic E-state index is 12.3. The minimum Gasteiger partial charge on any atom is -0.508 e. The van der Waals surface area contributed by atoms with Crippen molar-refractivity contribution in [1.82, 2.24) is 4.72 Å². The lowest BCUT2D eigenvalue weighted by atomic mass is 9.82. The minimum atomic E-state index is -3.57. The highest BCUT2D eigenvalue weighted by Gasteiger charge is 2.30. The first-order chi connectivity index (χ1) is 8.41. The normalized spacial score (nSPS) is 13.5. The van der Waals surface area contributed by atoms with Gasteiger partial charge in [0.05, 0.1) is 4.90 Å². The lowest BCUT2D eigenvalue weighted by Gasteiger charge is -2.32. The van der Waals surface area contributed by atoms with Gasteiger partial charge in [0.2, 0.25) is 10.0 Å². The Bertz CT molecular complexity index is 525. The monoisotopic (exact) mass is 285 g/mol. The van der Waals surface area contributed by atoms with Gasteiger partial charge in [0.25, 0.3) is 0 Å². The molecule has 0 atom stereocenters. The summed E-state index contributed by atoms with van der Waals surface area (Å²) in [7, 11) is -3.57. The highest BCUT2D eigenvalue weighted by atomic mass is 32.2. The van der Waals surface area contributed by atoms with E-state index in [2.05, 4.69) is 25.5 Å². The summed E-state index contributed by atoms with van der Waals surface area (Å²) in [5.41, 5.74) is -0.504. The smallest absolute Gasteiger partial charge is 0.241 e. The second-order valence-electron chi connectivity index (χ2n) is 6.72. The molecule has 0 fully saturated rings. The van der Waals surface area contributed by atoms with Crippen molar-refractivity contribution in [3.63, 3.8) is 0 Å². The van der Waals surface area contributed by atoms with Crippen molar-refractivity contribution in [3.8, 4) is 5.75 Å². The van der Waals surface area contributed by atoms with E-state index in [4.69, 9.17) is 0 Å². The summed E-state index contributed by atoms with van der Waals surface area (Å²) in [6.07, 6.45) is 0.720. The summed E-state index contributed by atoms with van der Waals surface area (Å²) in [5, 5.41) is 9.19. The van der Waals surface area contributed by atoms with Crippen LogP contribution in [0, 0.1) is 5.41 Å². The fourth-order valence-electron chi connectivity index (χ4n) is 2.41. The van der Waals surface area contributed by atoms with E-state index in [0.717, 1.165) is 6.42 Å². The Hall–Kier alpha value is -1.07. The Morgan fingerprint density at radius 3 is 1.95 bits per heavy atom. The van der Waals surface area contributed by atoms with Crippen LogP contribution in [-0.4, -0.2) is 19.1 Å². The molecule has 0 unspecified atom stereocenters. The zero-order valence-corrected chi connectivity index (χ0v) is 13.0. The third-order valence-corrected chi connectivity index (χ3v) is 4.24. The zero-order valence-electron chi connectivity index (χ0n) is 12.2. The van der Waals surface area contributed by atoms with Crippen molar-refractivity contribution in [2.75, 3.05) is 0 Å². The second kappa shape index (κ2) is 5.13. The predicted molar refractivity (Wildman–Crippen MR) is 76.6 cm³/mol. The maximum Gasteiger partial charge on any atom is 0.241 e. The quantitative estimate of drug-likeness (QED) is 0.894. The topological polar surface area (TPSA) is 66.4 Å². The molecule has 0 aliphatic carbocycles. The Morgan fingerprint density at radius 2 is 1.53 bits per heavy atom. The Morgan fingerprint density at radius 1 is 1.05 bits per heavy atom. The first-order valence-corrected chi connectivity index (χ1v) is 7.73. The second-order valence-corrected chi connectivity index (χ2v) is 8.40. The van der Waals surface area contributed by atoms with Crippen molar-refractivity contribution in [3.05, 3.63) is 24.3 Å². The Labute approximate surface area is 115 Å². The molecule has 0 amide bonds. The molecule has 5 heteroatoms. The van der Waals surface area contributed by atoms with Gasteiger partial charge in [-0.05, 0) is 49.9 Å². The zero-order chi connectivity index (χ0) is 14.9. The van der Waals surface area contributed by atoms with E-state index in [9.17, 15) is 13.5 Å². The predicted octanol–water partition coefficient (Wildman–Crippen LogP) is 2.89. The molecule has 0 saturated carbocycles. The molecule has 0 bridgehead atoms. The average molecular weight is 285 g/mol. The summed E-state index contributed by atoms with van der Waals surface area (Å²) < 4.78 is 27.2.